The first-order valence-electron chi connectivity index (χ1n) is 11.5. The molecular weight excluding hydrogens is 507 g/mol. The van der Waals surface area contributed by atoms with Crippen LogP contribution in [0.25, 0.3) is 6.08 Å². The predicted molar refractivity (Wildman–Crippen MR) is 133 cm³/mol. The summed E-state index contributed by atoms with van der Waals surface area (Å²) in [6.45, 7) is 0.00342. The highest BCUT2D eigenvalue weighted by molar-refractivity contribution is 7.92. The average molecular weight is 532 g/mol. The molecule has 3 aromatic carbocycles. The number of halogens is 3. The number of anilines is 1. The molecule has 194 valence electrons. The van der Waals surface area contributed by atoms with Crippen molar-refractivity contribution in [2.75, 3.05) is 10.8 Å². The van der Waals surface area contributed by atoms with Crippen LogP contribution >= 0.6 is 0 Å². The van der Waals surface area contributed by atoms with Crippen molar-refractivity contribution < 1.29 is 36.2 Å². The van der Waals surface area contributed by atoms with Gasteiger partial charge in [-0.15, -0.1) is 0 Å². The number of hydrogen-bond acceptors (Lipinski definition) is 4. The fraction of sp³-hybridized carbons (Fsp3) is 0.222. The van der Waals surface area contributed by atoms with Gasteiger partial charge in [-0.1, -0.05) is 42.5 Å². The van der Waals surface area contributed by atoms with Crippen molar-refractivity contribution in [3.8, 4) is 5.75 Å². The summed E-state index contributed by atoms with van der Waals surface area (Å²) in [6.07, 6.45) is -0.584. The zero-order valence-electron chi connectivity index (χ0n) is 19.6. The summed E-state index contributed by atoms with van der Waals surface area (Å²) in [5.74, 6) is -1.18. The molecule has 0 atom stereocenters. The van der Waals surface area contributed by atoms with E-state index in [9.17, 15) is 26.4 Å². The minimum Gasteiger partial charge on any atom is -0.487 e. The van der Waals surface area contributed by atoms with Gasteiger partial charge >= 0.3 is 12.1 Å². The van der Waals surface area contributed by atoms with Crippen LogP contribution in [0.1, 0.15) is 29.5 Å². The Morgan fingerprint density at radius 1 is 1.03 bits per heavy atom. The molecule has 37 heavy (non-hydrogen) atoms. The van der Waals surface area contributed by atoms with Gasteiger partial charge < -0.3 is 9.84 Å². The van der Waals surface area contributed by atoms with Crippen LogP contribution in [-0.4, -0.2) is 26.0 Å². The minimum absolute atomic E-state index is 0.0322. The third-order valence-corrected chi connectivity index (χ3v) is 7.59. The second kappa shape index (κ2) is 10.7. The Kier molecular flexibility index (Phi) is 7.58. The maximum Gasteiger partial charge on any atom is 0.416 e. The van der Waals surface area contributed by atoms with Crippen LogP contribution in [0.4, 0.5) is 18.9 Å². The predicted octanol–water partition coefficient (Wildman–Crippen LogP) is 5.99. The van der Waals surface area contributed by atoms with Crippen LogP contribution in [0.5, 0.6) is 5.75 Å². The monoisotopic (exact) mass is 531 g/mol. The molecule has 10 heteroatoms. The van der Waals surface area contributed by atoms with Crippen molar-refractivity contribution in [1.29, 1.82) is 0 Å². The van der Waals surface area contributed by atoms with Gasteiger partial charge in [-0.2, -0.15) is 13.2 Å². The molecule has 1 N–H and O–H groups in total. The fourth-order valence-corrected chi connectivity index (χ4v) is 5.22. The Morgan fingerprint density at radius 2 is 1.70 bits per heavy atom. The number of benzene rings is 3. The number of rotatable bonds is 10. The molecule has 6 nitrogen and oxygen atoms in total. The van der Waals surface area contributed by atoms with Gasteiger partial charge in [0.05, 0.1) is 16.1 Å². The van der Waals surface area contributed by atoms with E-state index in [1.54, 1.807) is 42.5 Å². The second-order valence-corrected chi connectivity index (χ2v) is 10.5. The zero-order chi connectivity index (χ0) is 26.6. The van der Waals surface area contributed by atoms with Gasteiger partial charge in [-0.25, -0.2) is 13.2 Å². The number of ether oxygens (including phenoxy) is 1. The Hall–Kier alpha value is -3.79. The largest absolute Gasteiger partial charge is 0.487 e. The van der Waals surface area contributed by atoms with Gasteiger partial charge in [-0.05, 0) is 66.3 Å². The molecular formula is C27H24F3NO5S. The molecule has 4 rings (SSSR count). The van der Waals surface area contributed by atoms with Crippen LogP contribution in [0, 0.1) is 5.92 Å². The summed E-state index contributed by atoms with van der Waals surface area (Å²) in [5, 5.41) is 8.74. The molecule has 1 aliphatic rings. The molecule has 0 spiro atoms. The van der Waals surface area contributed by atoms with E-state index in [4.69, 9.17) is 9.84 Å². The van der Waals surface area contributed by atoms with Gasteiger partial charge in [0.25, 0.3) is 10.0 Å². The van der Waals surface area contributed by atoms with Gasteiger partial charge in [0, 0.05) is 12.6 Å². The van der Waals surface area contributed by atoms with Crippen molar-refractivity contribution >= 4 is 27.8 Å². The quantitative estimate of drug-likeness (QED) is 0.325. The smallest absolute Gasteiger partial charge is 0.416 e. The molecule has 0 heterocycles. The molecule has 0 radical (unpaired) electrons. The van der Waals surface area contributed by atoms with E-state index in [0.717, 1.165) is 41.4 Å². The Morgan fingerprint density at radius 3 is 2.30 bits per heavy atom. The van der Waals surface area contributed by atoms with Crippen molar-refractivity contribution in [2.45, 2.75) is 30.5 Å². The second-order valence-electron chi connectivity index (χ2n) is 8.67. The summed E-state index contributed by atoms with van der Waals surface area (Å²) >= 11 is 0. The number of carboxylic acids is 1. The number of aliphatic carboxylic acids is 1. The lowest BCUT2D eigenvalue weighted by Gasteiger charge is -2.27. The highest BCUT2D eigenvalue weighted by Crippen LogP contribution is 2.41. The normalized spacial score (nSPS) is 14.0. The fourth-order valence-electron chi connectivity index (χ4n) is 3.65. The third kappa shape index (κ3) is 6.71. The molecule has 1 fully saturated rings. The molecule has 0 unspecified atom stereocenters. The van der Waals surface area contributed by atoms with Crippen molar-refractivity contribution in [3.63, 3.8) is 0 Å². The molecule has 3 aromatic rings. The van der Waals surface area contributed by atoms with E-state index in [-0.39, 0.29) is 35.4 Å². The van der Waals surface area contributed by atoms with Crippen molar-refractivity contribution in [3.05, 3.63) is 95.6 Å². The van der Waals surface area contributed by atoms with Crippen LogP contribution in [0.3, 0.4) is 0 Å². The lowest BCUT2D eigenvalue weighted by atomic mass is 10.1. The first-order chi connectivity index (χ1) is 17.5. The highest BCUT2D eigenvalue weighted by atomic mass is 32.2. The number of carbonyl (C=O) groups is 1. The first-order valence-corrected chi connectivity index (χ1v) is 12.9. The van der Waals surface area contributed by atoms with E-state index in [2.05, 4.69) is 0 Å². The topological polar surface area (TPSA) is 83.9 Å². The lowest BCUT2D eigenvalue weighted by molar-refractivity contribution is -0.137. The van der Waals surface area contributed by atoms with E-state index < -0.39 is 27.7 Å². The van der Waals surface area contributed by atoms with Crippen molar-refractivity contribution in [2.24, 2.45) is 5.92 Å². The minimum atomic E-state index is -4.64. The maximum absolute atomic E-state index is 13.6. The molecule has 0 saturated heterocycles. The van der Waals surface area contributed by atoms with Gasteiger partial charge in [0.1, 0.15) is 12.4 Å². The average Bonchev–Trinajstić information content (AvgIpc) is 3.69. The molecule has 0 amide bonds. The summed E-state index contributed by atoms with van der Waals surface area (Å²) in [4.78, 5) is 10.7. The number of nitrogens with zero attached hydrogens (tertiary/aromatic N) is 1. The summed E-state index contributed by atoms with van der Waals surface area (Å²) in [7, 11) is -4.07. The standard InChI is InChI=1S/C27H24F3NO5S/c28-27(29,30)22-13-14-24(31(17-20-8-9-20)37(34,35)23-4-2-1-3-5-23)25(16-22)36-18-21-10-6-19(7-11-21)12-15-26(32)33/h1-7,10-16,20H,8-9,17-18H2,(H,32,33)/b15-12+. The Balaban J connectivity index is 1.68. The Bertz CT molecular complexity index is 1380. The molecule has 1 aliphatic carbocycles. The van der Waals surface area contributed by atoms with E-state index in [1.165, 1.54) is 18.2 Å². The van der Waals surface area contributed by atoms with Crippen molar-refractivity contribution in [1.82, 2.24) is 0 Å². The van der Waals surface area contributed by atoms with Gasteiger partial charge in [0.2, 0.25) is 0 Å². The molecule has 0 aromatic heterocycles. The number of alkyl halides is 3. The molecule has 0 aliphatic heterocycles. The highest BCUT2D eigenvalue weighted by Gasteiger charge is 2.36. The summed E-state index contributed by atoms with van der Waals surface area (Å²) < 4.78 is 74.6. The summed E-state index contributed by atoms with van der Waals surface area (Å²) in [6, 6.07) is 17.1. The van der Waals surface area contributed by atoms with Gasteiger partial charge in [-0.3, -0.25) is 4.31 Å². The van der Waals surface area contributed by atoms with Crippen LogP contribution < -0.4 is 9.04 Å². The van der Waals surface area contributed by atoms with Crippen LogP contribution in [-0.2, 0) is 27.6 Å². The van der Waals surface area contributed by atoms with Gasteiger partial charge in [0.15, 0.2) is 0 Å². The first kappa shape index (κ1) is 26.3. The molecule has 1 saturated carbocycles. The number of sulfonamides is 1. The van der Waals surface area contributed by atoms with Crippen LogP contribution in [0.2, 0.25) is 0 Å². The Labute approximate surface area is 212 Å². The van der Waals surface area contributed by atoms with E-state index in [1.807, 2.05) is 0 Å². The lowest BCUT2D eigenvalue weighted by Crippen LogP contribution is -2.33. The van der Waals surface area contributed by atoms with E-state index in [0.29, 0.717) is 11.1 Å². The zero-order valence-corrected chi connectivity index (χ0v) is 20.4. The maximum atomic E-state index is 13.6. The summed E-state index contributed by atoms with van der Waals surface area (Å²) in [5.41, 5.74) is 0.305. The number of hydrogen-bond donors (Lipinski definition) is 1. The van der Waals surface area contributed by atoms with E-state index >= 15 is 0 Å². The molecule has 0 bridgehead atoms. The SMILES string of the molecule is O=C(O)/C=C/c1ccc(COc2cc(C(F)(F)F)ccc2N(CC2CC2)S(=O)(=O)c2ccccc2)cc1. The third-order valence-electron chi connectivity index (χ3n) is 5.80. The van der Waals surface area contributed by atoms with Crippen LogP contribution in [0.15, 0.2) is 83.8 Å². The number of carboxylic acid groups (broad SMARTS) is 1.